The summed E-state index contributed by atoms with van der Waals surface area (Å²) in [6.45, 7) is 6.97. The van der Waals surface area contributed by atoms with Gasteiger partial charge in [-0.25, -0.2) is 0 Å². The molecule has 4 heteroatoms. The summed E-state index contributed by atoms with van der Waals surface area (Å²) in [5, 5.41) is 7.63. The number of nitrogens with zero attached hydrogens (tertiary/aromatic N) is 2. The van der Waals surface area contributed by atoms with Gasteiger partial charge in [0.25, 0.3) is 0 Å². The standard InChI is InChI=1S/C16H21N3O/c1-16(2)11-14-10-13(4-5-15(14)20-16)12-17-7-9-19-8-3-6-18-19/h3-6,8,10,17H,7,9,11-12H2,1-2H3. The molecule has 0 fully saturated rings. The summed E-state index contributed by atoms with van der Waals surface area (Å²) in [7, 11) is 0. The minimum Gasteiger partial charge on any atom is -0.487 e. The summed E-state index contributed by atoms with van der Waals surface area (Å²) in [5.74, 6) is 1.04. The summed E-state index contributed by atoms with van der Waals surface area (Å²) in [4.78, 5) is 0. The van der Waals surface area contributed by atoms with Crippen molar-refractivity contribution in [3.63, 3.8) is 0 Å². The lowest BCUT2D eigenvalue weighted by Gasteiger charge is -2.16. The van der Waals surface area contributed by atoms with Gasteiger partial charge >= 0.3 is 0 Å². The van der Waals surface area contributed by atoms with Crippen molar-refractivity contribution in [2.45, 2.75) is 39.0 Å². The molecule has 0 amide bonds. The fourth-order valence-electron chi connectivity index (χ4n) is 2.63. The molecule has 0 saturated carbocycles. The minimum absolute atomic E-state index is 0.0610. The minimum atomic E-state index is -0.0610. The van der Waals surface area contributed by atoms with Crippen molar-refractivity contribution >= 4 is 0 Å². The van der Waals surface area contributed by atoms with Crippen LogP contribution in [0.4, 0.5) is 0 Å². The first-order chi connectivity index (χ1) is 9.62. The summed E-state index contributed by atoms with van der Waals surface area (Å²) in [5.41, 5.74) is 2.57. The maximum absolute atomic E-state index is 5.89. The molecule has 1 aromatic heterocycles. The van der Waals surface area contributed by atoms with Gasteiger partial charge in [-0.2, -0.15) is 5.10 Å². The fourth-order valence-corrected chi connectivity index (χ4v) is 2.63. The molecule has 4 nitrogen and oxygen atoms in total. The zero-order chi connectivity index (χ0) is 14.0. The van der Waals surface area contributed by atoms with E-state index in [9.17, 15) is 0 Å². The fraction of sp³-hybridized carbons (Fsp3) is 0.438. The van der Waals surface area contributed by atoms with Crippen LogP contribution >= 0.6 is 0 Å². The van der Waals surface area contributed by atoms with Crippen molar-refractivity contribution in [2.75, 3.05) is 6.54 Å². The Kier molecular flexibility index (Phi) is 3.49. The molecule has 0 atom stereocenters. The lowest BCUT2D eigenvalue weighted by molar-refractivity contribution is 0.138. The predicted octanol–water partition coefficient (Wildman–Crippen LogP) is 2.39. The van der Waals surface area contributed by atoms with Gasteiger partial charge in [-0.15, -0.1) is 0 Å². The second-order valence-electron chi connectivity index (χ2n) is 5.93. The van der Waals surface area contributed by atoms with Crippen molar-refractivity contribution in [3.8, 4) is 5.75 Å². The van der Waals surface area contributed by atoms with Gasteiger partial charge in [-0.3, -0.25) is 4.68 Å². The normalized spacial score (nSPS) is 15.9. The quantitative estimate of drug-likeness (QED) is 0.849. The topological polar surface area (TPSA) is 39.1 Å². The molecule has 2 aromatic rings. The van der Waals surface area contributed by atoms with E-state index in [1.54, 1.807) is 0 Å². The number of nitrogens with one attached hydrogen (secondary N) is 1. The van der Waals surface area contributed by atoms with Crippen molar-refractivity contribution < 1.29 is 4.74 Å². The van der Waals surface area contributed by atoms with Crippen LogP contribution in [0.2, 0.25) is 0 Å². The highest BCUT2D eigenvalue weighted by Gasteiger charge is 2.29. The largest absolute Gasteiger partial charge is 0.487 e. The first kappa shape index (κ1) is 13.2. The van der Waals surface area contributed by atoms with Crippen LogP contribution < -0.4 is 10.1 Å². The molecule has 0 aliphatic carbocycles. The zero-order valence-corrected chi connectivity index (χ0v) is 12.1. The second-order valence-corrected chi connectivity index (χ2v) is 5.93. The van der Waals surface area contributed by atoms with E-state index in [0.717, 1.165) is 31.8 Å². The first-order valence-electron chi connectivity index (χ1n) is 7.11. The molecule has 0 saturated heterocycles. The molecule has 20 heavy (non-hydrogen) atoms. The molecule has 3 rings (SSSR count). The highest BCUT2D eigenvalue weighted by Crippen LogP contribution is 2.35. The molecule has 0 spiro atoms. The van der Waals surface area contributed by atoms with Crippen LogP contribution in [0.1, 0.15) is 25.0 Å². The van der Waals surface area contributed by atoms with Crippen LogP contribution in [-0.4, -0.2) is 21.9 Å². The van der Waals surface area contributed by atoms with Crippen molar-refractivity contribution in [1.29, 1.82) is 0 Å². The average molecular weight is 271 g/mol. The summed E-state index contributed by atoms with van der Waals surface area (Å²) in [6, 6.07) is 8.43. The Bertz CT molecular complexity index is 575. The van der Waals surface area contributed by atoms with Crippen molar-refractivity contribution in [1.82, 2.24) is 15.1 Å². The van der Waals surface area contributed by atoms with Gasteiger partial charge in [0.2, 0.25) is 0 Å². The summed E-state index contributed by atoms with van der Waals surface area (Å²) < 4.78 is 7.83. The number of ether oxygens (including phenoxy) is 1. The smallest absolute Gasteiger partial charge is 0.123 e. The molecule has 0 bridgehead atoms. The molecule has 2 heterocycles. The lowest BCUT2D eigenvalue weighted by Crippen LogP contribution is -2.24. The molecular formula is C16H21N3O. The predicted molar refractivity (Wildman–Crippen MR) is 78.8 cm³/mol. The van der Waals surface area contributed by atoms with Crippen LogP contribution in [0.5, 0.6) is 5.75 Å². The molecule has 0 unspecified atom stereocenters. The van der Waals surface area contributed by atoms with E-state index < -0.39 is 0 Å². The monoisotopic (exact) mass is 271 g/mol. The molecular weight excluding hydrogens is 250 g/mol. The van der Waals surface area contributed by atoms with E-state index >= 15 is 0 Å². The maximum Gasteiger partial charge on any atom is 0.123 e. The van der Waals surface area contributed by atoms with E-state index in [-0.39, 0.29) is 5.60 Å². The number of aromatic nitrogens is 2. The van der Waals surface area contributed by atoms with Gasteiger partial charge in [0.15, 0.2) is 0 Å². The van der Waals surface area contributed by atoms with Crippen LogP contribution in [0.25, 0.3) is 0 Å². The molecule has 1 aromatic carbocycles. The Morgan fingerprint density at radius 3 is 3.10 bits per heavy atom. The Morgan fingerprint density at radius 1 is 1.40 bits per heavy atom. The Hall–Kier alpha value is -1.81. The van der Waals surface area contributed by atoms with E-state index in [2.05, 4.69) is 42.5 Å². The summed E-state index contributed by atoms with van der Waals surface area (Å²) in [6.07, 6.45) is 4.78. The first-order valence-corrected chi connectivity index (χ1v) is 7.11. The second kappa shape index (κ2) is 5.29. The molecule has 106 valence electrons. The van der Waals surface area contributed by atoms with Gasteiger partial charge in [0, 0.05) is 31.9 Å². The van der Waals surface area contributed by atoms with Gasteiger partial charge in [0.1, 0.15) is 11.4 Å². The number of hydrogen-bond donors (Lipinski definition) is 1. The Morgan fingerprint density at radius 2 is 2.30 bits per heavy atom. The number of hydrogen-bond acceptors (Lipinski definition) is 3. The Labute approximate surface area is 119 Å². The van der Waals surface area contributed by atoms with Gasteiger partial charge in [-0.1, -0.05) is 12.1 Å². The molecule has 1 aliphatic rings. The van der Waals surface area contributed by atoms with Gasteiger partial charge < -0.3 is 10.1 Å². The number of fused-ring (bicyclic) bond motifs is 1. The van der Waals surface area contributed by atoms with E-state index in [4.69, 9.17) is 4.74 Å². The Balaban J connectivity index is 1.52. The highest BCUT2D eigenvalue weighted by molar-refractivity contribution is 5.41. The average Bonchev–Trinajstić information content (AvgIpc) is 2.99. The van der Waals surface area contributed by atoms with Gasteiger partial charge in [0.05, 0.1) is 6.54 Å². The zero-order valence-electron chi connectivity index (χ0n) is 12.1. The SMILES string of the molecule is CC1(C)Cc2cc(CNCCn3cccn3)ccc2O1. The summed E-state index contributed by atoms with van der Waals surface area (Å²) >= 11 is 0. The number of rotatable bonds is 5. The molecule has 1 N–H and O–H groups in total. The van der Waals surface area contributed by atoms with Crippen molar-refractivity contribution in [3.05, 3.63) is 47.8 Å². The van der Waals surface area contributed by atoms with Crippen LogP contribution in [-0.2, 0) is 19.5 Å². The van der Waals surface area contributed by atoms with E-state index in [0.29, 0.717) is 0 Å². The molecule has 1 aliphatic heterocycles. The third kappa shape index (κ3) is 3.02. The van der Waals surface area contributed by atoms with Crippen LogP contribution in [0.3, 0.4) is 0 Å². The van der Waals surface area contributed by atoms with E-state index in [1.807, 2.05) is 23.1 Å². The third-order valence-corrected chi connectivity index (χ3v) is 3.53. The molecule has 0 radical (unpaired) electrons. The van der Waals surface area contributed by atoms with Gasteiger partial charge in [-0.05, 0) is 37.1 Å². The number of benzene rings is 1. The third-order valence-electron chi connectivity index (χ3n) is 3.53. The maximum atomic E-state index is 5.89. The van der Waals surface area contributed by atoms with E-state index in [1.165, 1.54) is 11.1 Å². The van der Waals surface area contributed by atoms with Crippen LogP contribution in [0.15, 0.2) is 36.7 Å². The highest BCUT2D eigenvalue weighted by atomic mass is 16.5. The van der Waals surface area contributed by atoms with Crippen LogP contribution in [0, 0.1) is 0 Å². The van der Waals surface area contributed by atoms with Crippen molar-refractivity contribution in [2.24, 2.45) is 0 Å². The lowest BCUT2D eigenvalue weighted by atomic mass is 10.0.